The number of aryl methyl sites for hydroxylation is 1. The molecule has 1 radical (unpaired) electrons. The number of benzene rings is 2. The minimum absolute atomic E-state index is 0. The summed E-state index contributed by atoms with van der Waals surface area (Å²) >= 11 is 0. The van der Waals surface area contributed by atoms with Crippen molar-refractivity contribution in [2.75, 3.05) is 0 Å². The van der Waals surface area contributed by atoms with Crippen molar-refractivity contribution in [2.24, 2.45) is 0 Å². The predicted molar refractivity (Wildman–Crippen MR) is 89.9 cm³/mol. The zero-order valence-electron chi connectivity index (χ0n) is 12.7. The van der Waals surface area contributed by atoms with Crippen LogP contribution in [0.3, 0.4) is 0 Å². The molecule has 0 saturated carbocycles. The van der Waals surface area contributed by atoms with Crippen LogP contribution in [0.25, 0.3) is 11.1 Å². The molecule has 2 aromatic carbocycles. The Kier molecular flexibility index (Phi) is 9.26. The highest BCUT2D eigenvalue weighted by atomic mass is 16.4. The third-order valence-corrected chi connectivity index (χ3v) is 3.38. The van der Waals surface area contributed by atoms with E-state index in [9.17, 15) is 0 Å². The maximum atomic E-state index is 7.00. The van der Waals surface area contributed by atoms with Crippen LogP contribution in [0.5, 0.6) is 0 Å². The molecular formula is C18H24BO2. The van der Waals surface area contributed by atoms with Crippen LogP contribution in [0.1, 0.15) is 38.2 Å². The van der Waals surface area contributed by atoms with E-state index in [1.807, 2.05) is 0 Å². The topological polar surface area (TPSA) is 40.5 Å². The molecule has 0 amide bonds. The van der Waals surface area contributed by atoms with E-state index in [0.29, 0.717) is 0 Å². The minimum Gasteiger partial charge on any atom is -0.429 e. The van der Waals surface area contributed by atoms with E-state index in [0.717, 1.165) is 0 Å². The number of hydrogen-bond donors (Lipinski definition) is 2. The summed E-state index contributed by atoms with van der Waals surface area (Å²) in [4.78, 5) is 0. The first-order valence-corrected chi connectivity index (χ1v) is 7.56. The molecule has 0 aliphatic rings. The molecule has 0 bridgehead atoms. The molecule has 0 heterocycles. The first-order valence-electron chi connectivity index (χ1n) is 7.56. The van der Waals surface area contributed by atoms with Gasteiger partial charge in [-0.05, 0) is 29.5 Å². The van der Waals surface area contributed by atoms with E-state index < -0.39 is 0 Å². The van der Waals surface area contributed by atoms with Crippen LogP contribution in [0.4, 0.5) is 0 Å². The highest BCUT2D eigenvalue weighted by Gasteiger charge is 1.97. The first-order chi connectivity index (χ1) is 10.3. The van der Waals surface area contributed by atoms with Gasteiger partial charge in [0.25, 0.3) is 0 Å². The molecule has 2 rings (SSSR count). The van der Waals surface area contributed by atoms with Crippen molar-refractivity contribution < 1.29 is 10.0 Å². The van der Waals surface area contributed by atoms with E-state index in [2.05, 4.69) is 61.5 Å². The fourth-order valence-electron chi connectivity index (χ4n) is 2.25. The van der Waals surface area contributed by atoms with Crippen LogP contribution in [0, 0.1) is 0 Å². The van der Waals surface area contributed by atoms with Crippen LogP contribution in [0.15, 0.2) is 54.6 Å². The summed E-state index contributed by atoms with van der Waals surface area (Å²) < 4.78 is 0. The number of rotatable bonds is 6. The van der Waals surface area contributed by atoms with Gasteiger partial charge >= 0.3 is 7.69 Å². The van der Waals surface area contributed by atoms with E-state index in [1.165, 1.54) is 48.8 Å². The van der Waals surface area contributed by atoms with Crippen molar-refractivity contribution in [3.05, 3.63) is 60.2 Å². The molecule has 0 aliphatic heterocycles. The Labute approximate surface area is 128 Å². The zero-order valence-corrected chi connectivity index (χ0v) is 12.7. The lowest BCUT2D eigenvalue weighted by Gasteiger charge is -2.04. The van der Waals surface area contributed by atoms with Crippen molar-refractivity contribution in [3.63, 3.8) is 0 Å². The van der Waals surface area contributed by atoms with Crippen LogP contribution in [-0.4, -0.2) is 17.7 Å². The molecule has 3 heteroatoms. The lowest BCUT2D eigenvalue weighted by molar-refractivity contribution is 0.448. The second-order valence-electron chi connectivity index (χ2n) is 4.99. The Hall–Kier alpha value is -1.58. The maximum absolute atomic E-state index is 7.00. The van der Waals surface area contributed by atoms with Gasteiger partial charge in [-0.1, -0.05) is 80.8 Å². The fraction of sp³-hybridized carbons (Fsp3) is 0.333. The summed E-state index contributed by atoms with van der Waals surface area (Å²) in [6.07, 6.45) is 6.57. The second kappa shape index (κ2) is 11.1. The maximum Gasteiger partial charge on any atom is 0.482 e. The smallest absolute Gasteiger partial charge is 0.429 e. The third-order valence-electron chi connectivity index (χ3n) is 3.38. The second-order valence-corrected chi connectivity index (χ2v) is 4.99. The average molecular weight is 283 g/mol. The highest BCUT2D eigenvalue weighted by Crippen LogP contribution is 2.20. The molecular weight excluding hydrogens is 259 g/mol. The first kappa shape index (κ1) is 17.5. The fourth-order valence-corrected chi connectivity index (χ4v) is 2.25. The van der Waals surface area contributed by atoms with Gasteiger partial charge in [-0.25, -0.2) is 0 Å². The Balaban J connectivity index is 0.000000677. The molecule has 2 aromatic rings. The zero-order chi connectivity index (χ0) is 15.3. The molecule has 2 N–H and O–H groups in total. The third kappa shape index (κ3) is 7.12. The van der Waals surface area contributed by atoms with E-state index in [4.69, 9.17) is 10.0 Å². The Bertz CT molecular complexity index is 468. The van der Waals surface area contributed by atoms with Gasteiger partial charge in [0, 0.05) is 0 Å². The molecule has 0 aliphatic carbocycles. The van der Waals surface area contributed by atoms with Gasteiger partial charge in [-0.3, -0.25) is 0 Å². The highest BCUT2D eigenvalue weighted by molar-refractivity contribution is 6.13. The van der Waals surface area contributed by atoms with Crippen molar-refractivity contribution in [1.82, 2.24) is 0 Å². The van der Waals surface area contributed by atoms with Gasteiger partial charge in [0.1, 0.15) is 0 Å². The quantitative estimate of drug-likeness (QED) is 0.622. The van der Waals surface area contributed by atoms with Crippen molar-refractivity contribution >= 4 is 7.69 Å². The van der Waals surface area contributed by atoms with Crippen LogP contribution in [-0.2, 0) is 6.42 Å². The lowest BCUT2D eigenvalue weighted by atomic mass is 10.0. The largest absolute Gasteiger partial charge is 0.482 e. The van der Waals surface area contributed by atoms with Gasteiger partial charge < -0.3 is 10.0 Å². The number of hydrogen-bond acceptors (Lipinski definition) is 2. The standard InChI is InChI=1S/C18H22.BH2O2/c1-2-3-4-6-9-16-12-14-18(15-13-16)17-10-7-5-8-11-17;2-1-3/h5,7-8,10-15H,2-4,6,9H2,1H3;2-3H. The molecule has 0 unspecified atom stereocenters. The molecule has 2 nitrogen and oxygen atoms in total. The van der Waals surface area contributed by atoms with Crippen LogP contribution >= 0.6 is 0 Å². The molecule has 0 fully saturated rings. The summed E-state index contributed by atoms with van der Waals surface area (Å²) in [5, 5.41) is 14.0. The predicted octanol–water partition coefficient (Wildman–Crippen LogP) is 3.98. The molecule has 0 atom stereocenters. The monoisotopic (exact) mass is 283 g/mol. The van der Waals surface area contributed by atoms with Crippen molar-refractivity contribution in [2.45, 2.75) is 39.0 Å². The summed E-state index contributed by atoms with van der Waals surface area (Å²) in [5.41, 5.74) is 4.08. The Morgan fingerprint density at radius 3 is 1.90 bits per heavy atom. The molecule has 0 spiro atoms. The molecule has 0 saturated heterocycles. The van der Waals surface area contributed by atoms with E-state index in [-0.39, 0.29) is 7.69 Å². The molecule has 0 aromatic heterocycles. The van der Waals surface area contributed by atoms with Gasteiger partial charge in [-0.15, -0.1) is 0 Å². The van der Waals surface area contributed by atoms with Crippen LogP contribution < -0.4 is 0 Å². The Morgan fingerprint density at radius 2 is 1.33 bits per heavy atom. The summed E-state index contributed by atoms with van der Waals surface area (Å²) in [5.74, 6) is 0. The molecule has 21 heavy (non-hydrogen) atoms. The summed E-state index contributed by atoms with van der Waals surface area (Å²) in [6.45, 7) is 2.26. The van der Waals surface area contributed by atoms with Gasteiger partial charge in [-0.2, -0.15) is 0 Å². The summed E-state index contributed by atoms with van der Waals surface area (Å²) in [6, 6.07) is 19.6. The van der Waals surface area contributed by atoms with Crippen molar-refractivity contribution in [3.8, 4) is 11.1 Å². The Morgan fingerprint density at radius 1 is 0.762 bits per heavy atom. The van der Waals surface area contributed by atoms with Gasteiger partial charge in [0.2, 0.25) is 0 Å². The SMILES string of the molecule is CCCCCCc1ccc(-c2ccccc2)cc1.O[B]O. The van der Waals surface area contributed by atoms with E-state index >= 15 is 0 Å². The van der Waals surface area contributed by atoms with E-state index in [1.54, 1.807) is 0 Å². The van der Waals surface area contributed by atoms with Gasteiger partial charge in [0.05, 0.1) is 0 Å². The van der Waals surface area contributed by atoms with Gasteiger partial charge in [0.15, 0.2) is 0 Å². The number of unbranched alkanes of at least 4 members (excludes halogenated alkanes) is 3. The summed E-state index contributed by atoms with van der Waals surface area (Å²) in [7, 11) is 0. The van der Waals surface area contributed by atoms with Crippen LogP contribution in [0.2, 0.25) is 0 Å². The average Bonchev–Trinajstić information content (AvgIpc) is 2.54. The minimum atomic E-state index is 0. The normalized spacial score (nSPS) is 9.67. The molecule has 111 valence electrons. The lowest BCUT2D eigenvalue weighted by Crippen LogP contribution is -1.86. The van der Waals surface area contributed by atoms with Crippen molar-refractivity contribution in [1.29, 1.82) is 0 Å².